The second-order valence-electron chi connectivity index (χ2n) is 4.68. The van der Waals surface area contributed by atoms with Crippen molar-refractivity contribution in [1.82, 2.24) is 14.4 Å². The summed E-state index contributed by atoms with van der Waals surface area (Å²) < 4.78 is 1.49. The first-order valence-corrected chi connectivity index (χ1v) is 6.78. The summed E-state index contributed by atoms with van der Waals surface area (Å²) in [6, 6.07) is 3.79. The van der Waals surface area contributed by atoms with E-state index in [2.05, 4.69) is 28.7 Å². The van der Waals surface area contributed by atoms with Crippen molar-refractivity contribution < 1.29 is 0 Å². The highest BCUT2D eigenvalue weighted by molar-refractivity contribution is 5.49. The average molecular weight is 260 g/mol. The SMILES string of the molecule is CCCN(CCC)c1nc(=O)n2cccc(C)c2n1. The van der Waals surface area contributed by atoms with Gasteiger partial charge in [0.15, 0.2) is 0 Å². The van der Waals surface area contributed by atoms with E-state index < -0.39 is 0 Å². The molecule has 0 aliphatic heterocycles. The van der Waals surface area contributed by atoms with E-state index in [9.17, 15) is 4.79 Å². The van der Waals surface area contributed by atoms with Gasteiger partial charge in [-0.25, -0.2) is 4.79 Å². The predicted octanol–water partition coefficient (Wildman–Crippen LogP) is 2.02. The van der Waals surface area contributed by atoms with Crippen LogP contribution in [0.5, 0.6) is 0 Å². The summed E-state index contributed by atoms with van der Waals surface area (Å²) in [6.07, 6.45) is 3.73. The second-order valence-corrected chi connectivity index (χ2v) is 4.68. The van der Waals surface area contributed by atoms with Crippen molar-refractivity contribution in [3.05, 3.63) is 34.4 Å². The van der Waals surface area contributed by atoms with Crippen molar-refractivity contribution in [2.75, 3.05) is 18.0 Å². The normalized spacial score (nSPS) is 10.9. The zero-order chi connectivity index (χ0) is 13.8. The summed E-state index contributed by atoms with van der Waals surface area (Å²) in [5.74, 6) is 0.544. The van der Waals surface area contributed by atoms with Crippen LogP contribution >= 0.6 is 0 Å². The van der Waals surface area contributed by atoms with Gasteiger partial charge in [0.2, 0.25) is 5.95 Å². The summed E-state index contributed by atoms with van der Waals surface area (Å²) >= 11 is 0. The summed E-state index contributed by atoms with van der Waals surface area (Å²) in [6.45, 7) is 7.92. The minimum absolute atomic E-state index is 0.263. The summed E-state index contributed by atoms with van der Waals surface area (Å²) in [5.41, 5.74) is 1.41. The number of hydrogen-bond acceptors (Lipinski definition) is 4. The molecule has 0 atom stereocenters. The number of anilines is 1. The van der Waals surface area contributed by atoms with E-state index >= 15 is 0 Å². The van der Waals surface area contributed by atoms with Crippen molar-refractivity contribution in [3.63, 3.8) is 0 Å². The van der Waals surface area contributed by atoms with E-state index in [1.54, 1.807) is 6.20 Å². The lowest BCUT2D eigenvalue weighted by Gasteiger charge is -2.21. The van der Waals surface area contributed by atoms with Gasteiger partial charge in [-0.3, -0.25) is 4.40 Å². The van der Waals surface area contributed by atoms with Gasteiger partial charge in [-0.05, 0) is 31.4 Å². The first kappa shape index (κ1) is 13.5. The third kappa shape index (κ3) is 2.75. The average Bonchev–Trinajstić information content (AvgIpc) is 2.39. The molecule has 2 aromatic heterocycles. The van der Waals surface area contributed by atoms with Gasteiger partial charge in [0.05, 0.1) is 0 Å². The molecule has 19 heavy (non-hydrogen) atoms. The molecule has 0 aliphatic rings. The third-order valence-electron chi connectivity index (χ3n) is 3.04. The van der Waals surface area contributed by atoms with Crippen LogP contribution in [0.3, 0.4) is 0 Å². The number of hydrogen-bond donors (Lipinski definition) is 0. The smallest absolute Gasteiger partial charge is 0.341 e. The van der Waals surface area contributed by atoms with Crippen LogP contribution in [-0.2, 0) is 0 Å². The number of fused-ring (bicyclic) bond motifs is 1. The van der Waals surface area contributed by atoms with Gasteiger partial charge in [0, 0.05) is 19.3 Å². The first-order valence-electron chi connectivity index (χ1n) is 6.78. The fourth-order valence-electron chi connectivity index (χ4n) is 2.16. The van der Waals surface area contributed by atoms with E-state index in [4.69, 9.17) is 0 Å². The van der Waals surface area contributed by atoms with Crippen LogP contribution in [0.15, 0.2) is 23.1 Å². The van der Waals surface area contributed by atoms with Gasteiger partial charge in [0.25, 0.3) is 0 Å². The first-order chi connectivity index (χ1) is 9.17. The molecule has 0 amide bonds. The minimum atomic E-state index is -0.263. The lowest BCUT2D eigenvalue weighted by Crippen LogP contribution is -2.31. The van der Waals surface area contributed by atoms with Crippen molar-refractivity contribution in [3.8, 4) is 0 Å². The highest BCUT2D eigenvalue weighted by Crippen LogP contribution is 2.11. The molecule has 0 aromatic carbocycles. The fraction of sp³-hybridized carbons (Fsp3) is 0.500. The molecule has 0 saturated heterocycles. The van der Waals surface area contributed by atoms with E-state index in [0.717, 1.165) is 31.5 Å². The predicted molar refractivity (Wildman–Crippen MR) is 76.8 cm³/mol. The summed E-state index contributed by atoms with van der Waals surface area (Å²) in [5, 5.41) is 0. The molecule has 0 saturated carbocycles. The Labute approximate surface area is 112 Å². The van der Waals surface area contributed by atoms with Crippen molar-refractivity contribution in [2.45, 2.75) is 33.6 Å². The third-order valence-corrected chi connectivity index (χ3v) is 3.04. The summed E-state index contributed by atoms with van der Waals surface area (Å²) in [7, 11) is 0. The molecule has 5 heteroatoms. The van der Waals surface area contributed by atoms with Gasteiger partial charge in [-0.2, -0.15) is 9.97 Å². The Morgan fingerprint density at radius 3 is 2.53 bits per heavy atom. The number of rotatable bonds is 5. The standard InChI is InChI=1S/C14H20N4O/c1-4-8-17(9-5-2)13-15-12-11(3)7-6-10-18(12)14(19)16-13/h6-7,10H,4-5,8-9H2,1-3H3. The number of aryl methyl sites for hydroxylation is 1. The molecule has 2 aromatic rings. The zero-order valence-corrected chi connectivity index (χ0v) is 11.8. The maximum atomic E-state index is 12.0. The van der Waals surface area contributed by atoms with E-state index in [1.165, 1.54) is 4.40 Å². The number of pyridine rings is 1. The Morgan fingerprint density at radius 1 is 1.21 bits per heavy atom. The molecule has 0 bridgehead atoms. The maximum absolute atomic E-state index is 12.0. The van der Waals surface area contributed by atoms with E-state index in [1.807, 2.05) is 19.1 Å². The van der Waals surface area contributed by atoms with Gasteiger partial charge in [0.1, 0.15) is 5.65 Å². The lowest BCUT2D eigenvalue weighted by molar-refractivity contribution is 0.713. The molecule has 2 heterocycles. The summed E-state index contributed by atoms with van der Waals surface area (Å²) in [4.78, 5) is 22.8. The van der Waals surface area contributed by atoms with Crippen molar-refractivity contribution in [2.24, 2.45) is 0 Å². The van der Waals surface area contributed by atoms with Crippen LogP contribution in [0.2, 0.25) is 0 Å². The Kier molecular flexibility index (Phi) is 4.14. The molecule has 2 rings (SSSR count). The molecule has 0 fully saturated rings. The molecule has 0 radical (unpaired) electrons. The molecule has 0 aliphatic carbocycles. The second kappa shape index (κ2) is 5.82. The fourth-order valence-corrected chi connectivity index (χ4v) is 2.16. The Balaban J connectivity index is 2.55. The minimum Gasteiger partial charge on any atom is -0.341 e. The molecule has 0 spiro atoms. The van der Waals surface area contributed by atoms with Gasteiger partial charge >= 0.3 is 5.69 Å². The highest BCUT2D eigenvalue weighted by atomic mass is 16.1. The number of nitrogens with zero attached hydrogens (tertiary/aromatic N) is 4. The maximum Gasteiger partial charge on any atom is 0.356 e. The molecule has 102 valence electrons. The topological polar surface area (TPSA) is 50.5 Å². The van der Waals surface area contributed by atoms with Crippen LogP contribution in [0.25, 0.3) is 5.65 Å². The van der Waals surface area contributed by atoms with E-state index in [-0.39, 0.29) is 5.69 Å². The Hall–Kier alpha value is -1.91. The van der Waals surface area contributed by atoms with E-state index in [0.29, 0.717) is 11.6 Å². The molecule has 5 nitrogen and oxygen atoms in total. The van der Waals surface area contributed by atoms with Crippen molar-refractivity contribution in [1.29, 1.82) is 0 Å². The quantitative estimate of drug-likeness (QED) is 0.825. The van der Waals surface area contributed by atoms with Crippen LogP contribution in [0, 0.1) is 6.92 Å². The van der Waals surface area contributed by atoms with Crippen LogP contribution in [-0.4, -0.2) is 27.5 Å². The molecule has 0 N–H and O–H groups in total. The molecular formula is C14H20N4O. The van der Waals surface area contributed by atoms with Gasteiger partial charge < -0.3 is 4.90 Å². The van der Waals surface area contributed by atoms with Crippen LogP contribution < -0.4 is 10.6 Å². The Bertz CT molecular complexity index is 614. The zero-order valence-electron chi connectivity index (χ0n) is 11.8. The van der Waals surface area contributed by atoms with Crippen LogP contribution in [0.4, 0.5) is 5.95 Å². The highest BCUT2D eigenvalue weighted by Gasteiger charge is 2.11. The Morgan fingerprint density at radius 2 is 1.89 bits per heavy atom. The van der Waals surface area contributed by atoms with Gasteiger partial charge in [-0.15, -0.1) is 0 Å². The van der Waals surface area contributed by atoms with Crippen molar-refractivity contribution >= 4 is 11.6 Å². The molecular weight excluding hydrogens is 240 g/mol. The largest absolute Gasteiger partial charge is 0.356 e. The number of aromatic nitrogens is 3. The monoisotopic (exact) mass is 260 g/mol. The van der Waals surface area contributed by atoms with Gasteiger partial charge in [-0.1, -0.05) is 19.9 Å². The van der Waals surface area contributed by atoms with Crippen LogP contribution in [0.1, 0.15) is 32.3 Å². The molecule has 0 unspecified atom stereocenters. The lowest BCUT2D eigenvalue weighted by atomic mass is 10.3.